The van der Waals surface area contributed by atoms with Crippen LogP contribution in [0.1, 0.15) is 24.3 Å². The molecule has 0 fully saturated rings. The Bertz CT molecular complexity index is 302. The van der Waals surface area contributed by atoms with E-state index >= 15 is 0 Å². The van der Waals surface area contributed by atoms with Crippen molar-refractivity contribution in [3.63, 3.8) is 0 Å². The Morgan fingerprint density at radius 1 is 1.21 bits per heavy atom. The van der Waals surface area contributed by atoms with Gasteiger partial charge in [0.15, 0.2) is 0 Å². The molecule has 0 N–H and O–H groups in total. The van der Waals surface area contributed by atoms with E-state index in [0.29, 0.717) is 5.92 Å². The average molecular weight is 187 g/mol. The van der Waals surface area contributed by atoms with E-state index in [2.05, 4.69) is 54.6 Å². The standard InChI is InChI=1S/C13H17N/c1-14-10-5-8-13(9-11-14)12-6-3-2-4-7-12/h2-4,6-7,9,11,13H,5,8,10H2,1H3. The number of allylic oxidation sites excluding steroid dienone is 1. The summed E-state index contributed by atoms with van der Waals surface area (Å²) in [6.07, 6.45) is 7.08. The van der Waals surface area contributed by atoms with E-state index in [4.69, 9.17) is 0 Å². The summed E-state index contributed by atoms with van der Waals surface area (Å²) in [6, 6.07) is 10.8. The van der Waals surface area contributed by atoms with Crippen LogP contribution in [0.3, 0.4) is 0 Å². The smallest absolute Gasteiger partial charge is 0.0169 e. The van der Waals surface area contributed by atoms with Crippen LogP contribution < -0.4 is 0 Å². The molecule has 1 aliphatic rings. The van der Waals surface area contributed by atoms with Gasteiger partial charge in [-0.2, -0.15) is 0 Å². The van der Waals surface area contributed by atoms with Gasteiger partial charge in [-0.3, -0.25) is 0 Å². The Morgan fingerprint density at radius 3 is 2.79 bits per heavy atom. The van der Waals surface area contributed by atoms with Gasteiger partial charge in [0, 0.05) is 19.5 Å². The molecule has 0 amide bonds. The molecule has 1 heterocycles. The van der Waals surface area contributed by atoms with Gasteiger partial charge < -0.3 is 4.90 Å². The van der Waals surface area contributed by atoms with Gasteiger partial charge in [-0.1, -0.05) is 36.4 Å². The molecule has 1 heteroatoms. The predicted molar refractivity (Wildman–Crippen MR) is 60.2 cm³/mol. The molecule has 0 radical (unpaired) electrons. The lowest BCUT2D eigenvalue weighted by Crippen LogP contribution is -2.09. The highest BCUT2D eigenvalue weighted by Gasteiger charge is 2.10. The molecule has 0 aliphatic carbocycles. The summed E-state index contributed by atoms with van der Waals surface area (Å²) >= 11 is 0. The maximum atomic E-state index is 2.32. The first kappa shape index (κ1) is 9.32. The molecule has 1 nitrogen and oxygen atoms in total. The summed E-state index contributed by atoms with van der Waals surface area (Å²) in [5.74, 6) is 0.612. The van der Waals surface area contributed by atoms with Gasteiger partial charge in [-0.15, -0.1) is 0 Å². The number of hydrogen-bond donors (Lipinski definition) is 0. The molecule has 0 aromatic heterocycles. The molecule has 1 aromatic carbocycles. The van der Waals surface area contributed by atoms with Crippen LogP contribution in [-0.2, 0) is 0 Å². The lowest BCUT2D eigenvalue weighted by Gasteiger charge is -2.10. The maximum Gasteiger partial charge on any atom is 0.0169 e. The first-order valence-electron chi connectivity index (χ1n) is 5.30. The first-order valence-corrected chi connectivity index (χ1v) is 5.30. The predicted octanol–water partition coefficient (Wildman–Crippen LogP) is 3.01. The topological polar surface area (TPSA) is 3.24 Å². The fourth-order valence-corrected chi connectivity index (χ4v) is 1.96. The summed E-state index contributed by atoms with van der Waals surface area (Å²) in [7, 11) is 2.14. The number of benzene rings is 1. The zero-order valence-electron chi connectivity index (χ0n) is 8.69. The van der Waals surface area contributed by atoms with Crippen LogP contribution in [0, 0.1) is 0 Å². The Kier molecular flexibility index (Phi) is 2.87. The second-order valence-electron chi connectivity index (χ2n) is 3.98. The fourth-order valence-electron chi connectivity index (χ4n) is 1.96. The molecule has 1 aliphatic heterocycles. The lowest BCUT2D eigenvalue weighted by molar-refractivity contribution is 0.447. The molecule has 2 rings (SSSR count). The quantitative estimate of drug-likeness (QED) is 0.653. The van der Waals surface area contributed by atoms with E-state index in [1.807, 2.05) is 0 Å². The largest absolute Gasteiger partial charge is 0.381 e. The van der Waals surface area contributed by atoms with E-state index in [9.17, 15) is 0 Å². The van der Waals surface area contributed by atoms with Gasteiger partial charge in [0.2, 0.25) is 0 Å². The molecule has 0 saturated carbocycles. The van der Waals surface area contributed by atoms with Gasteiger partial charge in [0.1, 0.15) is 0 Å². The van der Waals surface area contributed by atoms with Gasteiger partial charge >= 0.3 is 0 Å². The second-order valence-corrected chi connectivity index (χ2v) is 3.98. The fraction of sp³-hybridized carbons (Fsp3) is 0.385. The zero-order chi connectivity index (χ0) is 9.80. The van der Waals surface area contributed by atoms with E-state index in [-0.39, 0.29) is 0 Å². The van der Waals surface area contributed by atoms with Crippen molar-refractivity contribution in [2.24, 2.45) is 0 Å². The number of hydrogen-bond acceptors (Lipinski definition) is 1. The van der Waals surface area contributed by atoms with Crippen LogP contribution in [0.25, 0.3) is 0 Å². The second kappa shape index (κ2) is 4.32. The molecule has 0 bridgehead atoms. The van der Waals surface area contributed by atoms with Crippen LogP contribution in [0.5, 0.6) is 0 Å². The Hall–Kier alpha value is -1.24. The summed E-state index contributed by atoms with van der Waals surface area (Å²) in [4.78, 5) is 2.27. The lowest BCUT2D eigenvalue weighted by atomic mass is 9.95. The summed E-state index contributed by atoms with van der Waals surface area (Å²) in [5.41, 5.74) is 1.44. The normalized spacial score (nSPS) is 22.1. The van der Waals surface area contributed by atoms with Crippen molar-refractivity contribution >= 4 is 0 Å². The van der Waals surface area contributed by atoms with E-state index in [1.165, 1.54) is 24.9 Å². The molecule has 74 valence electrons. The van der Waals surface area contributed by atoms with Crippen molar-refractivity contribution in [1.29, 1.82) is 0 Å². The molecular formula is C13H17N. The minimum Gasteiger partial charge on any atom is -0.381 e. The maximum absolute atomic E-state index is 2.32. The molecule has 14 heavy (non-hydrogen) atoms. The highest BCUT2D eigenvalue weighted by Crippen LogP contribution is 2.24. The summed E-state index contributed by atoms with van der Waals surface area (Å²) < 4.78 is 0. The third-order valence-electron chi connectivity index (χ3n) is 2.83. The Morgan fingerprint density at radius 2 is 2.00 bits per heavy atom. The van der Waals surface area contributed by atoms with E-state index in [0.717, 1.165) is 0 Å². The highest BCUT2D eigenvalue weighted by molar-refractivity contribution is 5.23. The summed E-state index contributed by atoms with van der Waals surface area (Å²) in [5, 5.41) is 0. The van der Waals surface area contributed by atoms with Crippen molar-refractivity contribution in [3.8, 4) is 0 Å². The van der Waals surface area contributed by atoms with Crippen molar-refractivity contribution in [2.45, 2.75) is 18.8 Å². The molecule has 0 spiro atoms. The molecular weight excluding hydrogens is 170 g/mol. The minimum atomic E-state index is 0.612. The van der Waals surface area contributed by atoms with Gasteiger partial charge in [-0.05, 0) is 24.6 Å². The Labute approximate surface area is 86.1 Å². The van der Waals surface area contributed by atoms with E-state index < -0.39 is 0 Å². The van der Waals surface area contributed by atoms with Crippen molar-refractivity contribution in [1.82, 2.24) is 4.90 Å². The monoisotopic (exact) mass is 187 g/mol. The molecule has 1 unspecified atom stereocenters. The third kappa shape index (κ3) is 2.16. The van der Waals surface area contributed by atoms with Gasteiger partial charge in [0.25, 0.3) is 0 Å². The van der Waals surface area contributed by atoms with E-state index in [1.54, 1.807) is 0 Å². The van der Waals surface area contributed by atoms with Crippen LogP contribution in [0.2, 0.25) is 0 Å². The van der Waals surface area contributed by atoms with Crippen LogP contribution in [0.4, 0.5) is 0 Å². The molecule has 0 saturated heterocycles. The highest BCUT2D eigenvalue weighted by atomic mass is 15.1. The number of rotatable bonds is 1. The zero-order valence-corrected chi connectivity index (χ0v) is 8.69. The van der Waals surface area contributed by atoms with Gasteiger partial charge in [0.05, 0.1) is 0 Å². The molecule has 1 aromatic rings. The average Bonchev–Trinajstić information content (AvgIpc) is 2.44. The van der Waals surface area contributed by atoms with Crippen molar-refractivity contribution in [3.05, 3.63) is 48.2 Å². The molecule has 1 atom stereocenters. The minimum absolute atomic E-state index is 0.612. The first-order chi connectivity index (χ1) is 6.86. The SMILES string of the molecule is CN1C=CC(c2ccccc2)CCC1. The third-order valence-corrected chi connectivity index (χ3v) is 2.83. The summed E-state index contributed by atoms with van der Waals surface area (Å²) in [6.45, 7) is 1.18. The van der Waals surface area contributed by atoms with Crippen LogP contribution in [-0.4, -0.2) is 18.5 Å². The van der Waals surface area contributed by atoms with Crippen LogP contribution in [0.15, 0.2) is 42.6 Å². The Balaban J connectivity index is 2.15. The van der Waals surface area contributed by atoms with Gasteiger partial charge in [-0.25, -0.2) is 0 Å². The van der Waals surface area contributed by atoms with Crippen molar-refractivity contribution in [2.75, 3.05) is 13.6 Å². The number of nitrogens with zero attached hydrogens (tertiary/aromatic N) is 1. The van der Waals surface area contributed by atoms with Crippen LogP contribution >= 0.6 is 0 Å². The van der Waals surface area contributed by atoms with Crippen molar-refractivity contribution < 1.29 is 0 Å².